The molecular weight excluding hydrogens is 202 g/mol. The molecule has 0 aliphatic rings. The lowest BCUT2D eigenvalue weighted by molar-refractivity contribution is 0.308. The minimum absolute atomic E-state index is 0.313. The molecule has 14 heavy (non-hydrogen) atoms. The Morgan fingerprint density at radius 1 is 1.36 bits per heavy atom. The van der Waals surface area contributed by atoms with E-state index in [9.17, 15) is 8.42 Å². The average Bonchev–Trinajstić information content (AvgIpc) is 2.18. The summed E-state index contributed by atoms with van der Waals surface area (Å²) in [4.78, 5) is 0. The van der Waals surface area contributed by atoms with Crippen LogP contribution in [0.2, 0.25) is 0 Å². The summed E-state index contributed by atoms with van der Waals surface area (Å²) in [6.45, 7) is 3.83. The van der Waals surface area contributed by atoms with Crippen LogP contribution in [0, 0.1) is 0 Å². The lowest BCUT2D eigenvalue weighted by atomic mass is 10.3. The fourth-order valence-corrected chi connectivity index (χ4v) is 1.30. The summed E-state index contributed by atoms with van der Waals surface area (Å²) < 4.78 is 25.4. The van der Waals surface area contributed by atoms with E-state index in [0.29, 0.717) is 12.2 Å². The van der Waals surface area contributed by atoms with Gasteiger partial charge in [-0.25, -0.2) is 13.5 Å². The zero-order valence-corrected chi connectivity index (χ0v) is 8.39. The Kier molecular flexibility index (Phi) is 4.15. The predicted octanol–water partition coefficient (Wildman–Crippen LogP) is 1.14. The van der Waals surface area contributed by atoms with Gasteiger partial charge in [-0.3, -0.25) is 0 Å². The molecule has 4 nitrogen and oxygen atoms in total. The van der Waals surface area contributed by atoms with Gasteiger partial charge in [0.05, 0.1) is 12.2 Å². The lowest BCUT2D eigenvalue weighted by Crippen LogP contribution is -2.22. The number of hydroxylamine groups is 1. The smallest absolute Gasteiger partial charge is 0.233 e. The molecule has 5 heteroatoms. The summed E-state index contributed by atoms with van der Waals surface area (Å²) in [5.74, 6) is 0. The van der Waals surface area contributed by atoms with Crippen molar-refractivity contribution in [3.63, 3.8) is 0 Å². The quantitative estimate of drug-likeness (QED) is 0.452. The Labute approximate surface area is 84.5 Å². The monoisotopic (exact) mass is 213 g/mol. The molecule has 0 radical (unpaired) electrons. The average molecular weight is 213 g/mol. The first-order valence-corrected chi connectivity index (χ1v) is 5.09. The second kappa shape index (κ2) is 5.41. The highest BCUT2D eigenvalue weighted by molar-refractivity contribution is 7.67. The van der Waals surface area contributed by atoms with Crippen molar-refractivity contribution in [1.82, 2.24) is 0 Å². The van der Waals surface area contributed by atoms with Gasteiger partial charge in [0.2, 0.25) is 0 Å². The molecule has 0 bridgehead atoms. The Balaban J connectivity index is 2.82. The topological polar surface area (TPSA) is 46.6 Å². The van der Waals surface area contributed by atoms with Crippen LogP contribution in [0.25, 0.3) is 0 Å². The summed E-state index contributed by atoms with van der Waals surface area (Å²) in [5, 5.41) is 1.25. The summed E-state index contributed by atoms with van der Waals surface area (Å²) in [7, 11) is -2.90. The van der Waals surface area contributed by atoms with Crippen molar-refractivity contribution in [2.75, 3.05) is 11.6 Å². The van der Waals surface area contributed by atoms with Crippen molar-refractivity contribution in [3.05, 3.63) is 43.0 Å². The van der Waals surface area contributed by atoms with Gasteiger partial charge in [-0.15, -0.1) is 6.58 Å². The number of thiol groups is 1. The number of anilines is 1. The highest BCUT2D eigenvalue weighted by Crippen LogP contribution is 2.13. The molecule has 0 unspecified atom stereocenters. The van der Waals surface area contributed by atoms with Crippen LogP contribution in [0.15, 0.2) is 43.0 Å². The van der Waals surface area contributed by atoms with Gasteiger partial charge < -0.3 is 0 Å². The van der Waals surface area contributed by atoms with Crippen LogP contribution in [0.3, 0.4) is 0 Å². The van der Waals surface area contributed by atoms with E-state index in [1.165, 1.54) is 5.06 Å². The molecular formula is C9H11NO3S. The molecule has 0 amide bonds. The van der Waals surface area contributed by atoms with Crippen molar-refractivity contribution < 1.29 is 12.7 Å². The van der Waals surface area contributed by atoms with Crippen molar-refractivity contribution in [3.8, 4) is 0 Å². The minimum atomic E-state index is -2.90. The highest BCUT2D eigenvalue weighted by Gasteiger charge is 2.04. The highest BCUT2D eigenvalue weighted by atomic mass is 32.2. The molecule has 0 saturated carbocycles. The summed E-state index contributed by atoms with van der Waals surface area (Å²) >= 11 is 0. The first-order chi connectivity index (χ1) is 6.74. The molecule has 1 aromatic rings. The van der Waals surface area contributed by atoms with Crippen molar-refractivity contribution >= 4 is 16.7 Å². The number of rotatable bonds is 5. The van der Waals surface area contributed by atoms with Gasteiger partial charge >= 0.3 is 0 Å². The van der Waals surface area contributed by atoms with Gasteiger partial charge in [-0.2, -0.15) is 4.28 Å². The molecule has 0 fully saturated rings. The van der Waals surface area contributed by atoms with E-state index in [1.807, 2.05) is 6.07 Å². The molecule has 1 aromatic carbocycles. The lowest BCUT2D eigenvalue weighted by Gasteiger charge is -2.17. The maximum absolute atomic E-state index is 10.4. The van der Waals surface area contributed by atoms with E-state index >= 15 is 0 Å². The zero-order chi connectivity index (χ0) is 10.4. The Hall–Kier alpha value is -1.33. The van der Waals surface area contributed by atoms with E-state index in [2.05, 4.69) is 10.9 Å². The molecule has 1 rings (SSSR count). The maximum Gasteiger partial charge on any atom is 0.278 e. The molecule has 0 N–H and O–H groups in total. The molecule has 0 heterocycles. The van der Waals surface area contributed by atoms with E-state index in [-0.39, 0.29) is 0 Å². The number of benzene rings is 1. The fraction of sp³-hybridized carbons (Fsp3) is 0.111. The third kappa shape index (κ3) is 3.20. The van der Waals surface area contributed by atoms with Crippen LogP contribution in [-0.2, 0) is 15.3 Å². The number of para-hydroxylation sites is 1. The Morgan fingerprint density at radius 3 is 2.50 bits per heavy atom. The largest absolute Gasteiger partial charge is 0.278 e. The second-order valence-electron chi connectivity index (χ2n) is 2.49. The van der Waals surface area contributed by atoms with Crippen molar-refractivity contribution in [1.29, 1.82) is 0 Å². The molecule has 0 atom stereocenters. The standard InChI is InChI=1S/C9H11NO3S/c1-2-8-10(13-14(11)12)9-6-4-3-5-7-9/h2-7,14H,1,8H2. The van der Waals surface area contributed by atoms with Gasteiger partial charge in [0.15, 0.2) is 0 Å². The van der Waals surface area contributed by atoms with Crippen molar-refractivity contribution in [2.45, 2.75) is 0 Å². The van der Waals surface area contributed by atoms with Gasteiger partial charge in [-0.05, 0) is 12.1 Å². The van der Waals surface area contributed by atoms with Crippen molar-refractivity contribution in [2.24, 2.45) is 0 Å². The minimum Gasteiger partial charge on any atom is -0.233 e. The van der Waals surface area contributed by atoms with E-state index < -0.39 is 11.0 Å². The van der Waals surface area contributed by atoms with E-state index in [1.54, 1.807) is 30.3 Å². The predicted molar refractivity (Wildman–Crippen MR) is 55.4 cm³/mol. The van der Waals surface area contributed by atoms with E-state index in [0.717, 1.165) is 0 Å². The van der Waals surface area contributed by atoms with Gasteiger partial charge in [0.25, 0.3) is 11.0 Å². The molecule has 0 aromatic heterocycles. The Morgan fingerprint density at radius 2 is 2.00 bits per heavy atom. The number of hydrogen-bond acceptors (Lipinski definition) is 4. The van der Waals surface area contributed by atoms with Gasteiger partial charge in [0.1, 0.15) is 0 Å². The maximum atomic E-state index is 10.4. The number of nitrogens with zero attached hydrogens (tertiary/aromatic N) is 1. The summed E-state index contributed by atoms with van der Waals surface area (Å²) in [5.41, 5.74) is 0.673. The molecule has 0 aliphatic heterocycles. The summed E-state index contributed by atoms with van der Waals surface area (Å²) in [6, 6.07) is 8.94. The van der Waals surface area contributed by atoms with Gasteiger partial charge in [-0.1, -0.05) is 24.3 Å². The number of hydrogen-bond donors (Lipinski definition) is 1. The second-order valence-corrected chi connectivity index (χ2v) is 3.10. The third-order valence-electron chi connectivity index (χ3n) is 1.50. The first-order valence-electron chi connectivity index (χ1n) is 4.00. The normalized spacial score (nSPS) is 10.1. The third-order valence-corrected chi connectivity index (χ3v) is 1.83. The van der Waals surface area contributed by atoms with Crippen LogP contribution in [0.5, 0.6) is 0 Å². The zero-order valence-electron chi connectivity index (χ0n) is 7.50. The molecule has 0 aliphatic carbocycles. The SMILES string of the molecule is C=CCN(O[SH](=O)=O)c1ccccc1. The van der Waals surface area contributed by atoms with E-state index in [4.69, 9.17) is 0 Å². The Bertz CT molecular complexity index is 354. The molecule has 0 saturated heterocycles. The van der Waals surface area contributed by atoms with Crippen LogP contribution in [0.1, 0.15) is 0 Å². The fourth-order valence-electron chi connectivity index (χ4n) is 0.978. The summed E-state index contributed by atoms with van der Waals surface area (Å²) in [6.07, 6.45) is 1.56. The van der Waals surface area contributed by atoms with Crippen LogP contribution >= 0.6 is 0 Å². The van der Waals surface area contributed by atoms with Crippen LogP contribution < -0.4 is 5.06 Å². The molecule has 76 valence electrons. The first kappa shape index (κ1) is 10.7. The van der Waals surface area contributed by atoms with Crippen LogP contribution in [0.4, 0.5) is 5.69 Å². The molecule has 0 spiro atoms. The van der Waals surface area contributed by atoms with Crippen LogP contribution in [-0.4, -0.2) is 15.0 Å². The van der Waals surface area contributed by atoms with Gasteiger partial charge in [0, 0.05) is 0 Å².